The van der Waals surface area contributed by atoms with Gasteiger partial charge >= 0.3 is 0 Å². The Balaban J connectivity index is 1.60. The molecule has 3 aromatic rings. The van der Waals surface area contributed by atoms with Crippen LogP contribution in [0, 0.1) is 12.8 Å². The molecule has 0 N–H and O–H groups in total. The van der Waals surface area contributed by atoms with Crippen molar-refractivity contribution in [3.63, 3.8) is 0 Å². The summed E-state index contributed by atoms with van der Waals surface area (Å²) >= 11 is 0. The van der Waals surface area contributed by atoms with E-state index in [0.29, 0.717) is 18.8 Å². The molecule has 2 heterocycles. The average Bonchev–Trinajstić information content (AvgIpc) is 3.11. The molecule has 0 bridgehead atoms. The Bertz CT molecular complexity index is 897. The third-order valence-electron chi connectivity index (χ3n) is 4.66. The normalized spacial score (nSPS) is 11.1. The van der Waals surface area contributed by atoms with Crippen LogP contribution < -0.4 is 0 Å². The quantitative estimate of drug-likeness (QED) is 0.609. The average molecular weight is 362 g/mol. The van der Waals surface area contributed by atoms with Gasteiger partial charge in [0.1, 0.15) is 5.78 Å². The molecule has 0 unspecified atom stereocenters. The van der Waals surface area contributed by atoms with Crippen LogP contribution in [0.15, 0.2) is 48.9 Å². The molecule has 0 saturated heterocycles. The van der Waals surface area contributed by atoms with Crippen LogP contribution in [0.25, 0.3) is 5.69 Å². The number of carbonyl (C=O) groups excluding carboxylic acids is 1. The summed E-state index contributed by atoms with van der Waals surface area (Å²) in [7, 11) is 0. The first kappa shape index (κ1) is 19.0. The fourth-order valence-electron chi connectivity index (χ4n) is 2.93. The van der Waals surface area contributed by atoms with Crippen LogP contribution >= 0.6 is 0 Å². The van der Waals surface area contributed by atoms with Crippen LogP contribution in [0.5, 0.6) is 0 Å². The Morgan fingerprint density at radius 1 is 1.11 bits per heavy atom. The van der Waals surface area contributed by atoms with E-state index < -0.39 is 0 Å². The van der Waals surface area contributed by atoms with Crippen LogP contribution in [0.2, 0.25) is 0 Å². The molecule has 140 valence electrons. The fraction of sp³-hybridized carbons (Fsp3) is 0.364. The molecule has 0 amide bonds. The van der Waals surface area contributed by atoms with Gasteiger partial charge in [-0.2, -0.15) is 0 Å². The summed E-state index contributed by atoms with van der Waals surface area (Å²) in [6.45, 7) is 6.42. The SMILES string of the molecule is Cc1ccncc1CC(=O)Cc1ccc(-n2cc(CCC(C)C)nn2)cc1. The molecule has 27 heavy (non-hydrogen) atoms. The second-order valence-corrected chi connectivity index (χ2v) is 7.45. The van der Waals surface area contributed by atoms with Crippen molar-refractivity contribution in [1.29, 1.82) is 0 Å². The van der Waals surface area contributed by atoms with Crippen molar-refractivity contribution in [2.24, 2.45) is 5.92 Å². The molecule has 5 heteroatoms. The van der Waals surface area contributed by atoms with E-state index >= 15 is 0 Å². The van der Waals surface area contributed by atoms with Crippen molar-refractivity contribution in [1.82, 2.24) is 20.0 Å². The lowest BCUT2D eigenvalue weighted by atomic mass is 10.0. The molecule has 5 nitrogen and oxygen atoms in total. The summed E-state index contributed by atoms with van der Waals surface area (Å²) in [6, 6.07) is 9.88. The van der Waals surface area contributed by atoms with Gasteiger partial charge in [-0.1, -0.05) is 31.2 Å². The van der Waals surface area contributed by atoms with E-state index in [1.165, 1.54) is 0 Å². The lowest BCUT2D eigenvalue weighted by Crippen LogP contribution is -2.08. The maximum Gasteiger partial charge on any atom is 0.141 e. The van der Waals surface area contributed by atoms with Crippen molar-refractivity contribution >= 4 is 5.78 Å². The third kappa shape index (κ3) is 5.33. The molecule has 0 fully saturated rings. The van der Waals surface area contributed by atoms with Crippen molar-refractivity contribution in [3.05, 3.63) is 71.3 Å². The van der Waals surface area contributed by atoms with Gasteiger partial charge in [-0.15, -0.1) is 5.10 Å². The number of pyridine rings is 1. The monoisotopic (exact) mass is 362 g/mol. The van der Waals surface area contributed by atoms with Gasteiger partial charge in [-0.05, 0) is 60.6 Å². The van der Waals surface area contributed by atoms with E-state index in [9.17, 15) is 4.79 Å². The molecule has 1 aromatic carbocycles. The highest BCUT2D eigenvalue weighted by Crippen LogP contribution is 2.13. The molecule has 0 aliphatic carbocycles. The maximum absolute atomic E-state index is 12.4. The zero-order valence-electron chi connectivity index (χ0n) is 16.2. The minimum absolute atomic E-state index is 0.190. The molecule has 0 spiro atoms. The van der Waals surface area contributed by atoms with Gasteiger partial charge in [-0.3, -0.25) is 9.78 Å². The van der Waals surface area contributed by atoms with Gasteiger partial charge < -0.3 is 0 Å². The topological polar surface area (TPSA) is 60.7 Å². The van der Waals surface area contributed by atoms with Gasteiger partial charge in [0.25, 0.3) is 0 Å². The number of hydrogen-bond acceptors (Lipinski definition) is 4. The molecule has 0 atom stereocenters. The summed E-state index contributed by atoms with van der Waals surface area (Å²) in [6.07, 6.45) is 8.40. The number of benzene rings is 1. The minimum Gasteiger partial charge on any atom is -0.299 e. The van der Waals surface area contributed by atoms with Crippen molar-refractivity contribution in [2.45, 2.75) is 46.5 Å². The van der Waals surface area contributed by atoms with E-state index in [1.54, 1.807) is 17.1 Å². The largest absolute Gasteiger partial charge is 0.299 e. The standard InChI is InChI=1S/C22H26N4O/c1-16(2)4-7-20-15-26(25-24-20)21-8-5-18(6-9-21)12-22(27)13-19-14-23-11-10-17(19)3/h5-6,8-11,14-16H,4,7,12-13H2,1-3H3. The highest BCUT2D eigenvalue weighted by Gasteiger charge is 2.09. The van der Waals surface area contributed by atoms with Gasteiger partial charge in [0.05, 0.1) is 17.6 Å². The number of Topliss-reactive ketones (excluding diaryl/α,β-unsaturated/α-hetero) is 1. The number of carbonyl (C=O) groups is 1. The second kappa shape index (κ2) is 8.71. The van der Waals surface area contributed by atoms with E-state index in [4.69, 9.17) is 0 Å². The first-order valence-electron chi connectivity index (χ1n) is 9.43. The Hall–Kier alpha value is -2.82. The number of aromatic nitrogens is 4. The molecule has 0 radical (unpaired) electrons. The lowest BCUT2D eigenvalue weighted by molar-refractivity contribution is -0.117. The first-order valence-corrected chi connectivity index (χ1v) is 9.43. The van der Waals surface area contributed by atoms with Gasteiger partial charge in [0, 0.05) is 25.2 Å². The Labute approximate surface area is 160 Å². The predicted octanol–water partition coefficient (Wildman–Crippen LogP) is 3.91. The van der Waals surface area contributed by atoms with Crippen molar-refractivity contribution in [2.75, 3.05) is 0 Å². The Morgan fingerprint density at radius 2 is 1.89 bits per heavy atom. The van der Waals surface area contributed by atoms with E-state index in [0.717, 1.165) is 40.9 Å². The number of rotatable bonds is 8. The zero-order chi connectivity index (χ0) is 19.2. The molecular formula is C22H26N4O. The number of nitrogens with zero attached hydrogens (tertiary/aromatic N) is 4. The summed E-state index contributed by atoms with van der Waals surface area (Å²) in [5, 5.41) is 8.46. The van der Waals surface area contributed by atoms with Crippen LogP contribution in [0.3, 0.4) is 0 Å². The van der Waals surface area contributed by atoms with Gasteiger partial charge in [0.2, 0.25) is 0 Å². The van der Waals surface area contributed by atoms with Gasteiger partial charge in [-0.25, -0.2) is 4.68 Å². The summed E-state index contributed by atoms with van der Waals surface area (Å²) in [5.41, 5.74) is 5.07. The summed E-state index contributed by atoms with van der Waals surface area (Å²) < 4.78 is 1.79. The molecule has 0 aliphatic heterocycles. The van der Waals surface area contributed by atoms with E-state index in [1.807, 2.05) is 43.5 Å². The van der Waals surface area contributed by atoms with E-state index in [-0.39, 0.29) is 5.78 Å². The maximum atomic E-state index is 12.4. The zero-order valence-corrected chi connectivity index (χ0v) is 16.2. The Kier molecular flexibility index (Phi) is 6.12. The highest BCUT2D eigenvalue weighted by molar-refractivity contribution is 5.83. The van der Waals surface area contributed by atoms with Crippen LogP contribution in [0.4, 0.5) is 0 Å². The molecule has 0 saturated carbocycles. The van der Waals surface area contributed by atoms with Crippen LogP contribution in [-0.4, -0.2) is 25.8 Å². The second-order valence-electron chi connectivity index (χ2n) is 7.45. The minimum atomic E-state index is 0.190. The van der Waals surface area contributed by atoms with Crippen LogP contribution in [-0.2, 0) is 24.1 Å². The highest BCUT2D eigenvalue weighted by atomic mass is 16.1. The molecule has 0 aliphatic rings. The Morgan fingerprint density at radius 3 is 2.59 bits per heavy atom. The number of hydrogen-bond donors (Lipinski definition) is 0. The summed E-state index contributed by atoms with van der Waals surface area (Å²) in [4.78, 5) is 16.5. The lowest BCUT2D eigenvalue weighted by Gasteiger charge is -2.06. The fourth-order valence-corrected chi connectivity index (χ4v) is 2.93. The molecular weight excluding hydrogens is 336 g/mol. The van der Waals surface area contributed by atoms with Gasteiger partial charge in [0.15, 0.2) is 0 Å². The number of aryl methyl sites for hydroxylation is 2. The van der Waals surface area contributed by atoms with Crippen LogP contribution in [0.1, 0.15) is 42.7 Å². The van der Waals surface area contributed by atoms with Crippen molar-refractivity contribution in [3.8, 4) is 5.69 Å². The van der Waals surface area contributed by atoms with Crippen molar-refractivity contribution < 1.29 is 4.79 Å². The number of ketones is 1. The molecule has 2 aromatic heterocycles. The van der Waals surface area contributed by atoms with E-state index in [2.05, 4.69) is 29.1 Å². The smallest absolute Gasteiger partial charge is 0.141 e. The third-order valence-corrected chi connectivity index (χ3v) is 4.66. The summed E-state index contributed by atoms with van der Waals surface area (Å²) in [5.74, 6) is 0.845. The first-order chi connectivity index (χ1) is 13.0. The predicted molar refractivity (Wildman–Crippen MR) is 106 cm³/mol. The molecule has 3 rings (SSSR count).